The molecule has 3 N–H and O–H groups in total. The Morgan fingerprint density at radius 3 is 2.20 bits per heavy atom. The minimum Gasteiger partial charge on any atom is -0.508 e. The predicted octanol–water partition coefficient (Wildman–Crippen LogP) is 1.89. The summed E-state index contributed by atoms with van der Waals surface area (Å²) in [5.74, 6) is 0.247. The van der Waals surface area contributed by atoms with Gasteiger partial charge in [0, 0.05) is 17.2 Å². The lowest BCUT2D eigenvalue weighted by Gasteiger charge is -2.13. The Balaban J connectivity index is 2.20. The van der Waals surface area contributed by atoms with Gasteiger partial charge in [0.15, 0.2) is 11.5 Å². The Bertz CT molecular complexity index is 784. The van der Waals surface area contributed by atoms with Gasteiger partial charge in [-0.25, -0.2) is 5.43 Å². The highest BCUT2D eigenvalue weighted by Gasteiger charge is 2.14. The highest BCUT2D eigenvalue weighted by molar-refractivity contribution is 5.96. The number of phenols is 2. The fourth-order valence-electron chi connectivity index (χ4n) is 2.18. The first-order valence-corrected chi connectivity index (χ1v) is 7.15. The third kappa shape index (κ3) is 4.11. The SMILES string of the molecule is COc1ccc(/C=N\NC(=O)c2cc(O)cc(O)c2)c(OC)c1OC. The number of hydrazone groups is 1. The summed E-state index contributed by atoms with van der Waals surface area (Å²) in [7, 11) is 4.47. The minimum atomic E-state index is -0.595. The standard InChI is InChI=1S/C17H18N2O6/c1-23-14-5-4-10(15(24-2)16(14)25-3)9-18-19-17(22)11-6-12(20)8-13(21)7-11/h4-9,20-21H,1-3H3,(H,19,22)/b18-9-. The molecule has 0 unspecified atom stereocenters. The van der Waals surface area contributed by atoms with Crippen molar-refractivity contribution in [2.24, 2.45) is 5.10 Å². The zero-order valence-corrected chi connectivity index (χ0v) is 13.9. The summed E-state index contributed by atoms with van der Waals surface area (Å²) < 4.78 is 15.8. The molecule has 8 heteroatoms. The maximum absolute atomic E-state index is 12.0. The lowest BCUT2D eigenvalue weighted by Crippen LogP contribution is -2.17. The maximum Gasteiger partial charge on any atom is 0.271 e. The number of phenolic OH excluding ortho intramolecular Hbond substituents is 2. The number of ether oxygens (including phenoxy) is 3. The van der Waals surface area contributed by atoms with Gasteiger partial charge in [-0.2, -0.15) is 5.10 Å². The molecule has 0 aliphatic carbocycles. The number of hydrogen-bond acceptors (Lipinski definition) is 7. The zero-order valence-electron chi connectivity index (χ0n) is 13.9. The maximum atomic E-state index is 12.0. The number of amides is 1. The molecule has 8 nitrogen and oxygen atoms in total. The van der Waals surface area contributed by atoms with Crippen LogP contribution in [0.25, 0.3) is 0 Å². The van der Waals surface area contributed by atoms with Crippen molar-refractivity contribution in [2.45, 2.75) is 0 Å². The molecule has 132 valence electrons. The van der Waals surface area contributed by atoms with Gasteiger partial charge < -0.3 is 24.4 Å². The lowest BCUT2D eigenvalue weighted by molar-refractivity contribution is 0.0954. The van der Waals surface area contributed by atoms with E-state index in [1.807, 2.05) is 0 Å². The second kappa shape index (κ2) is 7.91. The first kappa shape index (κ1) is 17.9. The molecule has 0 aromatic heterocycles. The minimum absolute atomic E-state index is 0.0638. The quantitative estimate of drug-likeness (QED) is 0.544. The van der Waals surface area contributed by atoms with E-state index in [2.05, 4.69) is 10.5 Å². The van der Waals surface area contributed by atoms with Crippen molar-refractivity contribution in [1.29, 1.82) is 0 Å². The summed E-state index contributed by atoms with van der Waals surface area (Å²) in [5.41, 5.74) is 2.92. The second-order valence-electron chi connectivity index (χ2n) is 4.86. The van der Waals surface area contributed by atoms with E-state index in [9.17, 15) is 15.0 Å². The van der Waals surface area contributed by atoms with E-state index in [1.165, 1.54) is 39.7 Å². The van der Waals surface area contributed by atoms with Crippen molar-refractivity contribution < 1.29 is 29.2 Å². The average molecular weight is 346 g/mol. The fourth-order valence-corrected chi connectivity index (χ4v) is 2.18. The molecule has 0 aliphatic rings. The van der Waals surface area contributed by atoms with Gasteiger partial charge in [-0.3, -0.25) is 4.79 Å². The van der Waals surface area contributed by atoms with Gasteiger partial charge in [0.05, 0.1) is 27.5 Å². The van der Waals surface area contributed by atoms with Crippen LogP contribution >= 0.6 is 0 Å². The lowest BCUT2D eigenvalue weighted by atomic mass is 10.2. The van der Waals surface area contributed by atoms with Crippen molar-refractivity contribution >= 4 is 12.1 Å². The van der Waals surface area contributed by atoms with Crippen LogP contribution in [0.4, 0.5) is 0 Å². The number of rotatable bonds is 6. The monoisotopic (exact) mass is 346 g/mol. The van der Waals surface area contributed by atoms with E-state index in [4.69, 9.17) is 14.2 Å². The molecular formula is C17H18N2O6. The van der Waals surface area contributed by atoms with Gasteiger partial charge in [0.25, 0.3) is 5.91 Å². The molecule has 0 atom stereocenters. The Morgan fingerprint density at radius 2 is 1.64 bits per heavy atom. The summed E-state index contributed by atoms with van der Waals surface area (Å²) in [6.07, 6.45) is 1.38. The van der Waals surface area contributed by atoms with Crippen molar-refractivity contribution in [3.63, 3.8) is 0 Å². The normalized spacial score (nSPS) is 10.5. The number of hydrogen-bond donors (Lipinski definition) is 3. The van der Waals surface area contributed by atoms with Crippen molar-refractivity contribution in [2.75, 3.05) is 21.3 Å². The number of nitrogens with zero attached hydrogens (tertiary/aromatic N) is 1. The first-order chi connectivity index (χ1) is 12.0. The van der Waals surface area contributed by atoms with Crippen LogP contribution in [-0.4, -0.2) is 43.7 Å². The van der Waals surface area contributed by atoms with Gasteiger partial charge in [0.2, 0.25) is 5.75 Å². The van der Waals surface area contributed by atoms with E-state index in [0.717, 1.165) is 6.07 Å². The molecule has 2 aromatic rings. The predicted molar refractivity (Wildman–Crippen MR) is 90.9 cm³/mol. The molecule has 0 heterocycles. The van der Waals surface area contributed by atoms with Crippen LogP contribution in [0.5, 0.6) is 28.7 Å². The van der Waals surface area contributed by atoms with Crippen LogP contribution in [0, 0.1) is 0 Å². The van der Waals surface area contributed by atoms with Crippen molar-refractivity contribution in [3.8, 4) is 28.7 Å². The second-order valence-corrected chi connectivity index (χ2v) is 4.86. The van der Waals surface area contributed by atoms with Crippen LogP contribution in [0.2, 0.25) is 0 Å². The van der Waals surface area contributed by atoms with Crippen LogP contribution in [0.3, 0.4) is 0 Å². The summed E-state index contributed by atoms with van der Waals surface area (Å²) in [4.78, 5) is 12.0. The third-order valence-electron chi connectivity index (χ3n) is 3.27. The molecule has 0 saturated heterocycles. The molecule has 0 fully saturated rings. The highest BCUT2D eigenvalue weighted by atomic mass is 16.5. The smallest absolute Gasteiger partial charge is 0.271 e. The van der Waals surface area contributed by atoms with E-state index in [0.29, 0.717) is 22.8 Å². The third-order valence-corrected chi connectivity index (χ3v) is 3.27. The highest BCUT2D eigenvalue weighted by Crippen LogP contribution is 2.38. The summed E-state index contributed by atoms with van der Waals surface area (Å²) in [6, 6.07) is 6.91. The molecule has 1 amide bonds. The molecule has 0 aliphatic heterocycles. The van der Waals surface area contributed by atoms with Crippen LogP contribution < -0.4 is 19.6 Å². The average Bonchev–Trinajstić information content (AvgIpc) is 2.59. The van der Waals surface area contributed by atoms with Gasteiger partial charge >= 0.3 is 0 Å². The van der Waals surface area contributed by atoms with Gasteiger partial charge in [-0.15, -0.1) is 0 Å². The Kier molecular flexibility index (Phi) is 5.67. The summed E-state index contributed by atoms with van der Waals surface area (Å²) >= 11 is 0. The van der Waals surface area contributed by atoms with Crippen LogP contribution in [0.15, 0.2) is 35.4 Å². The number of carbonyl (C=O) groups is 1. The Hall–Kier alpha value is -3.42. The Labute approximate surface area is 144 Å². The molecule has 25 heavy (non-hydrogen) atoms. The molecular weight excluding hydrogens is 328 g/mol. The molecule has 2 rings (SSSR count). The van der Waals surface area contributed by atoms with Crippen LogP contribution in [0.1, 0.15) is 15.9 Å². The zero-order chi connectivity index (χ0) is 18.4. The van der Waals surface area contributed by atoms with Crippen molar-refractivity contribution in [1.82, 2.24) is 5.43 Å². The van der Waals surface area contributed by atoms with Gasteiger partial charge in [0.1, 0.15) is 11.5 Å². The van der Waals surface area contributed by atoms with E-state index >= 15 is 0 Å². The first-order valence-electron chi connectivity index (χ1n) is 7.15. The van der Waals surface area contributed by atoms with Crippen molar-refractivity contribution in [3.05, 3.63) is 41.5 Å². The number of methoxy groups -OCH3 is 3. The number of aromatic hydroxyl groups is 2. The fraction of sp³-hybridized carbons (Fsp3) is 0.176. The van der Waals surface area contributed by atoms with Crippen LogP contribution in [-0.2, 0) is 0 Å². The number of carbonyl (C=O) groups excluding carboxylic acids is 1. The molecule has 2 aromatic carbocycles. The molecule has 0 radical (unpaired) electrons. The van der Waals surface area contributed by atoms with Gasteiger partial charge in [-0.1, -0.05) is 0 Å². The van der Waals surface area contributed by atoms with E-state index in [1.54, 1.807) is 12.1 Å². The summed E-state index contributed by atoms with van der Waals surface area (Å²) in [6.45, 7) is 0. The topological polar surface area (TPSA) is 110 Å². The molecule has 0 saturated carbocycles. The largest absolute Gasteiger partial charge is 0.508 e. The number of nitrogens with one attached hydrogen (secondary N) is 1. The Morgan fingerprint density at radius 1 is 1.00 bits per heavy atom. The summed E-state index contributed by atoms with van der Waals surface area (Å²) in [5, 5.41) is 22.7. The number of benzene rings is 2. The van der Waals surface area contributed by atoms with E-state index in [-0.39, 0.29) is 17.1 Å². The van der Waals surface area contributed by atoms with E-state index < -0.39 is 5.91 Å². The molecule has 0 spiro atoms. The van der Waals surface area contributed by atoms with Gasteiger partial charge in [-0.05, 0) is 24.3 Å². The molecule has 0 bridgehead atoms.